The molecule has 154 valence electrons. The molecule has 28 heavy (non-hydrogen) atoms. The van der Waals surface area contributed by atoms with Crippen LogP contribution in [0.2, 0.25) is 0 Å². The average Bonchev–Trinajstić information content (AvgIpc) is 3.07. The van der Waals surface area contributed by atoms with Crippen molar-refractivity contribution in [1.82, 2.24) is 0 Å². The van der Waals surface area contributed by atoms with Gasteiger partial charge in [0.2, 0.25) is 0 Å². The molecule has 3 fully saturated rings. The molecule has 6 unspecified atom stereocenters. The molecule has 0 bridgehead atoms. The Hall–Kier alpha value is -1.20. The maximum atomic E-state index is 6.67. The predicted molar refractivity (Wildman–Crippen MR) is 109 cm³/mol. The molecule has 1 spiro atoms. The highest BCUT2D eigenvalue weighted by Gasteiger charge is 2.59. The van der Waals surface area contributed by atoms with Gasteiger partial charge in [0, 0.05) is 12.8 Å². The van der Waals surface area contributed by atoms with Crippen LogP contribution in [-0.4, -0.2) is 36.8 Å². The average molecular weight is 387 g/mol. The smallest absolute Gasteiger partial charge is 0.169 e. The van der Waals surface area contributed by atoms with Crippen LogP contribution in [0.5, 0.6) is 0 Å². The van der Waals surface area contributed by atoms with E-state index in [9.17, 15) is 0 Å². The minimum Gasteiger partial charge on any atom is -0.371 e. The monoisotopic (exact) mass is 386 g/mol. The van der Waals surface area contributed by atoms with Crippen molar-refractivity contribution < 1.29 is 18.9 Å². The summed E-state index contributed by atoms with van der Waals surface area (Å²) in [6, 6.07) is 10.4. The lowest BCUT2D eigenvalue weighted by Gasteiger charge is -2.45. The number of hydrogen-bond acceptors (Lipinski definition) is 4. The second-order valence-electron chi connectivity index (χ2n) is 8.70. The summed E-state index contributed by atoms with van der Waals surface area (Å²) >= 11 is 0. The van der Waals surface area contributed by atoms with Crippen LogP contribution in [0.3, 0.4) is 0 Å². The second-order valence-corrected chi connectivity index (χ2v) is 8.70. The number of hydrogen-bond donors (Lipinski definition) is 0. The summed E-state index contributed by atoms with van der Waals surface area (Å²) in [4.78, 5) is 0. The third-order valence-electron chi connectivity index (χ3n) is 6.85. The molecule has 0 aromatic heterocycles. The molecule has 2 saturated carbocycles. The predicted octanol–water partition coefficient (Wildman–Crippen LogP) is 4.87. The van der Waals surface area contributed by atoms with E-state index in [0.29, 0.717) is 25.0 Å². The zero-order valence-corrected chi connectivity index (χ0v) is 17.2. The van der Waals surface area contributed by atoms with Gasteiger partial charge in [0.1, 0.15) is 12.2 Å². The topological polar surface area (TPSA) is 36.9 Å². The highest BCUT2D eigenvalue weighted by atomic mass is 16.8. The van der Waals surface area contributed by atoms with Crippen LogP contribution in [0.25, 0.3) is 0 Å². The Morgan fingerprint density at radius 2 is 1.57 bits per heavy atom. The first-order valence-electron chi connectivity index (χ1n) is 10.9. The minimum atomic E-state index is -0.443. The van der Waals surface area contributed by atoms with E-state index in [-0.39, 0.29) is 24.4 Å². The van der Waals surface area contributed by atoms with Gasteiger partial charge in [-0.05, 0) is 30.2 Å². The van der Waals surface area contributed by atoms with E-state index >= 15 is 0 Å². The summed E-state index contributed by atoms with van der Waals surface area (Å²) in [5.74, 6) is 0.202. The maximum Gasteiger partial charge on any atom is 0.169 e. The molecule has 4 rings (SSSR count). The molecule has 4 heteroatoms. The summed E-state index contributed by atoms with van der Waals surface area (Å²) in [5, 5.41) is 0. The molecule has 3 aliphatic rings. The lowest BCUT2D eigenvalue weighted by Crippen LogP contribution is -2.57. The van der Waals surface area contributed by atoms with Gasteiger partial charge in [0.15, 0.2) is 5.79 Å². The van der Waals surface area contributed by atoms with E-state index in [2.05, 4.69) is 44.7 Å². The second kappa shape index (κ2) is 8.66. The zero-order chi connectivity index (χ0) is 19.6. The van der Waals surface area contributed by atoms with Crippen LogP contribution < -0.4 is 0 Å². The van der Waals surface area contributed by atoms with Crippen LogP contribution >= 0.6 is 0 Å². The van der Waals surface area contributed by atoms with Crippen molar-refractivity contribution in [2.75, 3.05) is 6.61 Å². The minimum absolute atomic E-state index is 0.00471. The quantitative estimate of drug-likeness (QED) is 0.654. The molecule has 4 nitrogen and oxygen atoms in total. The summed E-state index contributed by atoms with van der Waals surface area (Å²) in [7, 11) is 0. The Bertz CT molecular complexity index is 639. The van der Waals surface area contributed by atoms with Crippen molar-refractivity contribution in [3.05, 3.63) is 48.6 Å². The van der Waals surface area contributed by atoms with Crippen molar-refractivity contribution in [3.8, 4) is 0 Å². The van der Waals surface area contributed by atoms with Crippen LogP contribution in [0.4, 0.5) is 0 Å². The number of rotatable bonds is 6. The van der Waals surface area contributed by atoms with Gasteiger partial charge in [0.25, 0.3) is 0 Å². The summed E-state index contributed by atoms with van der Waals surface area (Å²) in [6.07, 6.45) is 7.22. The molecule has 1 saturated heterocycles. The van der Waals surface area contributed by atoms with Crippen molar-refractivity contribution in [2.45, 2.75) is 82.8 Å². The lowest BCUT2D eigenvalue weighted by molar-refractivity contribution is -0.205. The van der Waals surface area contributed by atoms with Crippen molar-refractivity contribution in [1.29, 1.82) is 0 Å². The maximum absolute atomic E-state index is 6.67. The first kappa shape index (κ1) is 20.1. The fourth-order valence-corrected chi connectivity index (χ4v) is 5.13. The molecule has 2 aliphatic carbocycles. The van der Waals surface area contributed by atoms with Crippen molar-refractivity contribution in [3.63, 3.8) is 0 Å². The van der Waals surface area contributed by atoms with Crippen LogP contribution in [0.1, 0.15) is 51.5 Å². The fraction of sp³-hybridized carbons (Fsp3) is 0.667. The Kier molecular flexibility index (Phi) is 6.21. The van der Waals surface area contributed by atoms with Crippen molar-refractivity contribution >= 4 is 0 Å². The van der Waals surface area contributed by atoms with E-state index in [1.54, 1.807) is 0 Å². The molecular weight excluding hydrogens is 352 g/mol. The molecule has 1 aromatic rings. The van der Waals surface area contributed by atoms with Crippen molar-refractivity contribution in [2.24, 2.45) is 11.8 Å². The summed E-state index contributed by atoms with van der Waals surface area (Å²) in [5.41, 5.74) is 1.19. The van der Waals surface area contributed by atoms with Gasteiger partial charge in [-0.2, -0.15) is 0 Å². The summed E-state index contributed by atoms with van der Waals surface area (Å²) < 4.78 is 26.0. The van der Waals surface area contributed by atoms with Gasteiger partial charge in [-0.15, -0.1) is 6.58 Å². The first-order valence-corrected chi connectivity index (χ1v) is 10.9. The molecule has 0 radical (unpaired) electrons. The molecular formula is C24H34O4. The third-order valence-corrected chi connectivity index (χ3v) is 6.85. The Morgan fingerprint density at radius 3 is 2.18 bits per heavy atom. The largest absolute Gasteiger partial charge is 0.371 e. The van der Waals surface area contributed by atoms with E-state index in [1.807, 2.05) is 12.1 Å². The molecule has 6 atom stereocenters. The van der Waals surface area contributed by atoms with E-state index in [1.165, 1.54) is 12.0 Å². The molecule has 1 heterocycles. The molecule has 0 N–H and O–H groups in total. The van der Waals surface area contributed by atoms with E-state index < -0.39 is 5.79 Å². The molecule has 1 aliphatic heterocycles. The Labute approximate surface area is 169 Å². The van der Waals surface area contributed by atoms with Crippen LogP contribution in [-0.2, 0) is 25.6 Å². The SMILES string of the molecule is C=CCOC1C(C)C(C)C(OCc2ccccc2)C2OC3(CCCCC3)OC12. The summed E-state index contributed by atoms with van der Waals surface area (Å²) in [6.45, 7) is 9.46. The zero-order valence-electron chi connectivity index (χ0n) is 17.2. The number of benzene rings is 1. The highest BCUT2D eigenvalue weighted by Crippen LogP contribution is 2.48. The standard InChI is InChI=1S/C24H34O4/c1-4-15-25-20-17(2)18(3)21(26-16-19-11-7-5-8-12-19)23-22(20)27-24(28-23)13-9-6-10-14-24/h4-5,7-8,11-12,17-18,20-23H,1,6,9-10,13-16H2,2-3H3. The number of fused-ring (bicyclic) bond motifs is 1. The van der Waals surface area contributed by atoms with Gasteiger partial charge in [-0.1, -0.05) is 56.7 Å². The van der Waals surface area contributed by atoms with Gasteiger partial charge in [-0.3, -0.25) is 0 Å². The Balaban J connectivity index is 1.55. The Morgan fingerprint density at radius 1 is 0.964 bits per heavy atom. The third kappa shape index (κ3) is 3.93. The lowest BCUT2D eigenvalue weighted by atomic mass is 9.74. The van der Waals surface area contributed by atoms with Gasteiger partial charge >= 0.3 is 0 Å². The first-order chi connectivity index (χ1) is 13.6. The van der Waals surface area contributed by atoms with E-state index in [0.717, 1.165) is 25.7 Å². The van der Waals surface area contributed by atoms with Gasteiger partial charge in [-0.25, -0.2) is 0 Å². The molecule has 1 aromatic carbocycles. The highest BCUT2D eigenvalue weighted by molar-refractivity contribution is 5.14. The van der Waals surface area contributed by atoms with E-state index in [4.69, 9.17) is 18.9 Å². The normalized spacial score (nSPS) is 36.9. The van der Waals surface area contributed by atoms with Crippen LogP contribution in [0, 0.1) is 11.8 Å². The number of ether oxygens (including phenoxy) is 4. The van der Waals surface area contributed by atoms with Crippen LogP contribution in [0.15, 0.2) is 43.0 Å². The molecule has 0 amide bonds. The van der Waals surface area contributed by atoms with Gasteiger partial charge < -0.3 is 18.9 Å². The van der Waals surface area contributed by atoms with Gasteiger partial charge in [0.05, 0.1) is 25.4 Å². The fourth-order valence-electron chi connectivity index (χ4n) is 5.13.